The first-order valence-corrected chi connectivity index (χ1v) is 12.5. The number of likely N-dealkylation sites (N-methyl/N-ethyl adjacent to an activating group) is 1. The maximum atomic E-state index is 13.6. The number of aromatic nitrogens is 1. The summed E-state index contributed by atoms with van der Waals surface area (Å²) in [6, 6.07) is 16.6. The third kappa shape index (κ3) is 4.89. The second-order valence-electron chi connectivity index (χ2n) is 8.33. The first-order valence-electron chi connectivity index (χ1n) is 10.9. The van der Waals surface area contributed by atoms with Crippen LogP contribution in [0.4, 0.5) is 0 Å². The Morgan fingerprint density at radius 1 is 1.06 bits per heavy atom. The molecular formula is C25H26N4O5S. The second kappa shape index (κ2) is 9.47. The summed E-state index contributed by atoms with van der Waals surface area (Å²) in [6.07, 6.45) is 3.97. The van der Waals surface area contributed by atoms with Gasteiger partial charge >= 0.3 is 0 Å². The van der Waals surface area contributed by atoms with Crippen LogP contribution in [0.3, 0.4) is 0 Å². The van der Waals surface area contributed by atoms with Crippen LogP contribution in [0.1, 0.15) is 23.1 Å². The standard InChI is InChI=1S/C25H26N4O5S/c1-29-23(30)25(28-24(29)26,20-9-3-6-17(12-20)7-5-11-35(31,32)33)21-10-4-8-18(13-21)19-14-22(34-2)16-27-15-19/h3-4,6,8-10,12-16H,5,7,11H2,1-2H3,(H2,26,28)(H,31,32,33). The van der Waals surface area contributed by atoms with E-state index in [2.05, 4.69) is 9.98 Å². The number of pyridine rings is 1. The van der Waals surface area contributed by atoms with Gasteiger partial charge in [0.1, 0.15) is 5.75 Å². The molecule has 3 aromatic rings. The Morgan fingerprint density at radius 2 is 1.77 bits per heavy atom. The number of carbonyl (C=O) groups is 1. The van der Waals surface area contributed by atoms with Gasteiger partial charge in [0.05, 0.1) is 19.1 Å². The molecule has 1 aliphatic rings. The van der Waals surface area contributed by atoms with Crippen molar-refractivity contribution >= 4 is 22.0 Å². The Hall–Kier alpha value is -3.76. The second-order valence-corrected chi connectivity index (χ2v) is 9.90. The number of benzene rings is 2. The van der Waals surface area contributed by atoms with Crippen molar-refractivity contribution in [2.75, 3.05) is 19.9 Å². The molecular weight excluding hydrogens is 468 g/mol. The monoisotopic (exact) mass is 494 g/mol. The summed E-state index contributed by atoms with van der Waals surface area (Å²) in [5, 5.41) is 0. The highest BCUT2D eigenvalue weighted by Gasteiger charge is 2.49. The molecule has 0 saturated heterocycles. The van der Waals surface area contributed by atoms with Gasteiger partial charge in [-0.2, -0.15) is 8.42 Å². The predicted molar refractivity (Wildman–Crippen MR) is 133 cm³/mol. The topological polar surface area (TPSA) is 135 Å². The molecule has 3 N–H and O–H groups in total. The Morgan fingerprint density at radius 3 is 2.43 bits per heavy atom. The number of nitrogens with two attached hydrogens (primary N) is 1. The number of hydrogen-bond donors (Lipinski definition) is 2. The summed E-state index contributed by atoms with van der Waals surface area (Å²) >= 11 is 0. The van der Waals surface area contributed by atoms with E-state index in [9.17, 15) is 13.2 Å². The molecule has 0 radical (unpaired) electrons. The zero-order valence-electron chi connectivity index (χ0n) is 19.4. The SMILES string of the molecule is COc1cncc(-c2cccc(C3(c4cccc(CCCS(=O)(=O)O)c4)N=C(N)N(C)C3=O)c2)c1. The third-order valence-corrected chi connectivity index (χ3v) is 6.82. The van der Waals surface area contributed by atoms with E-state index in [0.717, 1.165) is 16.7 Å². The van der Waals surface area contributed by atoms with Gasteiger partial charge in [0.2, 0.25) is 0 Å². The molecule has 35 heavy (non-hydrogen) atoms. The fraction of sp³-hybridized carbons (Fsp3) is 0.240. The number of aryl methyl sites for hydroxylation is 1. The van der Waals surface area contributed by atoms with Crippen LogP contribution in [0, 0.1) is 0 Å². The zero-order valence-corrected chi connectivity index (χ0v) is 20.2. The minimum Gasteiger partial charge on any atom is -0.495 e. The molecule has 0 saturated carbocycles. The first kappa shape index (κ1) is 24.4. The smallest absolute Gasteiger partial charge is 0.266 e. The van der Waals surface area contributed by atoms with Crippen LogP contribution in [0.5, 0.6) is 5.75 Å². The van der Waals surface area contributed by atoms with Crippen LogP contribution in [0.25, 0.3) is 11.1 Å². The molecule has 1 aliphatic heterocycles. The molecule has 10 heteroatoms. The summed E-state index contributed by atoms with van der Waals surface area (Å²) in [4.78, 5) is 23.8. The first-order chi connectivity index (χ1) is 16.6. The largest absolute Gasteiger partial charge is 0.495 e. The lowest BCUT2D eigenvalue weighted by Crippen LogP contribution is -2.41. The molecule has 4 rings (SSSR count). The van der Waals surface area contributed by atoms with Crippen molar-refractivity contribution in [2.45, 2.75) is 18.4 Å². The van der Waals surface area contributed by atoms with Gasteiger partial charge in [-0.15, -0.1) is 0 Å². The average Bonchev–Trinajstić information content (AvgIpc) is 3.08. The van der Waals surface area contributed by atoms with E-state index in [-0.39, 0.29) is 24.0 Å². The lowest BCUT2D eigenvalue weighted by atomic mass is 9.81. The van der Waals surface area contributed by atoms with Crippen LogP contribution < -0.4 is 10.5 Å². The van der Waals surface area contributed by atoms with E-state index < -0.39 is 15.7 Å². The molecule has 1 unspecified atom stereocenters. The molecule has 0 spiro atoms. The van der Waals surface area contributed by atoms with Crippen molar-refractivity contribution in [3.63, 3.8) is 0 Å². The van der Waals surface area contributed by atoms with Gasteiger partial charge in [-0.1, -0.05) is 42.5 Å². The van der Waals surface area contributed by atoms with Gasteiger partial charge in [0.15, 0.2) is 11.5 Å². The molecule has 2 aromatic carbocycles. The Labute approximate surface area is 204 Å². The van der Waals surface area contributed by atoms with Crippen LogP contribution >= 0.6 is 0 Å². The van der Waals surface area contributed by atoms with Gasteiger partial charge in [-0.25, -0.2) is 4.99 Å². The number of guanidine groups is 1. The molecule has 0 fully saturated rings. The van der Waals surface area contributed by atoms with Crippen LogP contribution in [-0.2, 0) is 26.9 Å². The maximum absolute atomic E-state index is 13.6. The number of rotatable bonds is 8. The number of aliphatic imine (C=N–C) groups is 1. The van der Waals surface area contributed by atoms with Crippen molar-refractivity contribution in [1.82, 2.24) is 9.88 Å². The van der Waals surface area contributed by atoms with Crippen molar-refractivity contribution in [3.05, 3.63) is 83.7 Å². The van der Waals surface area contributed by atoms with E-state index in [0.29, 0.717) is 23.3 Å². The van der Waals surface area contributed by atoms with E-state index in [1.807, 2.05) is 42.5 Å². The van der Waals surface area contributed by atoms with E-state index in [1.165, 1.54) is 4.90 Å². The zero-order chi connectivity index (χ0) is 25.2. The molecule has 0 aliphatic carbocycles. The lowest BCUT2D eigenvalue weighted by molar-refractivity contribution is -0.129. The summed E-state index contributed by atoms with van der Waals surface area (Å²) < 4.78 is 36.5. The van der Waals surface area contributed by atoms with Gasteiger partial charge in [0.25, 0.3) is 16.0 Å². The highest BCUT2D eigenvalue weighted by atomic mass is 32.2. The van der Waals surface area contributed by atoms with E-state index in [4.69, 9.17) is 15.0 Å². The Balaban J connectivity index is 1.80. The summed E-state index contributed by atoms with van der Waals surface area (Å²) in [7, 11) is -0.901. The average molecular weight is 495 g/mol. The Kier molecular flexibility index (Phi) is 6.60. The molecule has 1 aromatic heterocycles. The van der Waals surface area contributed by atoms with Crippen LogP contribution in [0.2, 0.25) is 0 Å². The number of carbonyl (C=O) groups excluding carboxylic acids is 1. The lowest BCUT2D eigenvalue weighted by Gasteiger charge is -2.27. The maximum Gasteiger partial charge on any atom is 0.266 e. The molecule has 1 atom stereocenters. The van der Waals surface area contributed by atoms with Gasteiger partial charge in [0, 0.05) is 18.8 Å². The number of hydrogen-bond acceptors (Lipinski definition) is 7. The number of nitrogens with zero attached hydrogens (tertiary/aromatic N) is 3. The molecule has 2 heterocycles. The van der Waals surface area contributed by atoms with Crippen molar-refractivity contribution in [3.8, 4) is 16.9 Å². The number of ether oxygens (including phenoxy) is 1. The predicted octanol–water partition coefficient (Wildman–Crippen LogP) is 2.61. The summed E-state index contributed by atoms with van der Waals surface area (Å²) in [6.45, 7) is 0. The van der Waals surface area contributed by atoms with E-state index in [1.54, 1.807) is 38.7 Å². The van der Waals surface area contributed by atoms with Crippen LogP contribution in [0.15, 0.2) is 72.0 Å². The molecule has 1 amide bonds. The van der Waals surface area contributed by atoms with Crippen molar-refractivity contribution < 1.29 is 22.5 Å². The van der Waals surface area contributed by atoms with Gasteiger partial charge in [-0.05, 0) is 47.2 Å². The highest BCUT2D eigenvalue weighted by Crippen LogP contribution is 2.41. The molecule has 182 valence electrons. The van der Waals surface area contributed by atoms with Gasteiger partial charge < -0.3 is 10.5 Å². The Bertz CT molecular complexity index is 1410. The van der Waals surface area contributed by atoms with Crippen LogP contribution in [-0.4, -0.2) is 54.6 Å². The highest BCUT2D eigenvalue weighted by molar-refractivity contribution is 7.85. The number of amides is 1. The fourth-order valence-corrected chi connectivity index (χ4v) is 4.72. The minimum absolute atomic E-state index is 0.0974. The fourth-order valence-electron chi connectivity index (χ4n) is 4.21. The van der Waals surface area contributed by atoms with Crippen molar-refractivity contribution in [2.24, 2.45) is 10.7 Å². The van der Waals surface area contributed by atoms with E-state index >= 15 is 0 Å². The summed E-state index contributed by atoms with van der Waals surface area (Å²) in [5.74, 6) is 0.0663. The number of methoxy groups -OCH3 is 1. The quantitative estimate of drug-likeness (QED) is 0.460. The molecule has 9 nitrogen and oxygen atoms in total. The van der Waals surface area contributed by atoms with Gasteiger partial charge in [-0.3, -0.25) is 19.2 Å². The summed E-state index contributed by atoms with van der Waals surface area (Å²) in [5.41, 5.74) is 8.40. The third-order valence-electron chi connectivity index (χ3n) is 6.02. The minimum atomic E-state index is -4.05. The molecule has 0 bridgehead atoms. The van der Waals surface area contributed by atoms with Crippen molar-refractivity contribution in [1.29, 1.82) is 0 Å². The normalized spacial score (nSPS) is 18.0.